The van der Waals surface area contributed by atoms with Crippen molar-refractivity contribution in [3.63, 3.8) is 0 Å². The van der Waals surface area contributed by atoms with Crippen molar-refractivity contribution in [2.45, 2.75) is 25.7 Å². The van der Waals surface area contributed by atoms with Crippen molar-refractivity contribution in [3.05, 3.63) is 28.7 Å². The molecule has 1 aliphatic heterocycles. The molecule has 1 aromatic rings. The molecule has 6 nitrogen and oxygen atoms in total. The molecule has 1 amide bonds. The Morgan fingerprint density at radius 2 is 2.08 bits per heavy atom. The van der Waals surface area contributed by atoms with Gasteiger partial charge in [0, 0.05) is 13.0 Å². The van der Waals surface area contributed by atoms with Crippen LogP contribution in [0.1, 0.15) is 31.2 Å². The molecule has 1 saturated heterocycles. The van der Waals surface area contributed by atoms with Gasteiger partial charge in [-0.1, -0.05) is 36.5 Å². The van der Waals surface area contributed by atoms with Crippen molar-refractivity contribution < 1.29 is 24.2 Å². The average Bonchev–Trinajstić information content (AvgIpc) is 2.89. The van der Waals surface area contributed by atoms with E-state index >= 15 is 0 Å². The van der Waals surface area contributed by atoms with Crippen LogP contribution >= 0.6 is 24.0 Å². The predicted octanol–water partition coefficient (Wildman–Crippen LogP) is 3.34. The summed E-state index contributed by atoms with van der Waals surface area (Å²) in [5.41, 5.74) is 0.748. The molecule has 2 rings (SSSR count). The summed E-state index contributed by atoms with van der Waals surface area (Å²) in [5, 5.41) is 9.65. The second-order valence-electron chi connectivity index (χ2n) is 5.65. The third kappa shape index (κ3) is 5.22. The molecule has 0 aromatic heterocycles. The van der Waals surface area contributed by atoms with Gasteiger partial charge in [-0.25, -0.2) is 0 Å². The predicted molar refractivity (Wildman–Crippen MR) is 105 cm³/mol. The lowest BCUT2D eigenvalue weighted by molar-refractivity contribution is -0.140. The number of carbonyl (C=O) groups excluding carboxylic acids is 2. The molecule has 8 heteroatoms. The van der Waals surface area contributed by atoms with Gasteiger partial charge < -0.3 is 14.6 Å². The SMILES string of the molecule is COC(=O)CCCCCN1C(=O)/C(=C\c2ccc(O)c(OC)c2)SC1=S. The van der Waals surface area contributed by atoms with E-state index in [0.717, 1.165) is 24.8 Å². The molecular formula is C18H21NO5S2. The lowest BCUT2D eigenvalue weighted by Crippen LogP contribution is -2.29. The zero-order valence-electron chi connectivity index (χ0n) is 14.7. The summed E-state index contributed by atoms with van der Waals surface area (Å²) < 4.78 is 10.2. The molecule has 0 atom stereocenters. The fourth-order valence-electron chi connectivity index (χ4n) is 2.45. The molecule has 0 aliphatic carbocycles. The summed E-state index contributed by atoms with van der Waals surface area (Å²) in [7, 11) is 2.84. The Labute approximate surface area is 162 Å². The van der Waals surface area contributed by atoms with Crippen LogP contribution in [-0.4, -0.2) is 47.0 Å². The van der Waals surface area contributed by atoms with Gasteiger partial charge >= 0.3 is 5.97 Å². The van der Waals surface area contributed by atoms with Crippen molar-refractivity contribution in [1.29, 1.82) is 0 Å². The van der Waals surface area contributed by atoms with E-state index < -0.39 is 0 Å². The fourth-order valence-corrected chi connectivity index (χ4v) is 3.75. The van der Waals surface area contributed by atoms with E-state index in [1.165, 1.54) is 32.0 Å². The van der Waals surface area contributed by atoms with E-state index in [-0.39, 0.29) is 17.6 Å². The summed E-state index contributed by atoms with van der Waals surface area (Å²) in [6, 6.07) is 4.89. The van der Waals surface area contributed by atoms with Crippen LogP contribution in [0.15, 0.2) is 23.1 Å². The number of unbranched alkanes of at least 4 members (excludes halogenated alkanes) is 2. The normalized spacial score (nSPS) is 15.6. The summed E-state index contributed by atoms with van der Waals surface area (Å²) in [4.78, 5) is 25.8. The van der Waals surface area contributed by atoms with Gasteiger partial charge in [-0.2, -0.15) is 0 Å². The number of nitrogens with zero attached hydrogens (tertiary/aromatic N) is 1. The number of phenolic OH excluding ortho intramolecular Hbond substituents is 1. The van der Waals surface area contributed by atoms with Crippen molar-refractivity contribution in [1.82, 2.24) is 4.90 Å². The first-order valence-corrected chi connectivity index (χ1v) is 9.38. The third-order valence-electron chi connectivity index (χ3n) is 3.87. The van der Waals surface area contributed by atoms with Gasteiger partial charge in [-0.3, -0.25) is 14.5 Å². The number of benzene rings is 1. The summed E-state index contributed by atoms with van der Waals surface area (Å²) >= 11 is 6.57. The van der Waals surface area contributed by atoms with Gasteiger partial charge in [0.15, 0.2) is 11.5 Å². The number of thiocarbonyl (C=S) groups is 1. The molecule has 1 aliphatic rings. The first-order valence-electron chi connectivity index (χ1n) is 8.15. The maximum atomic E-state index is 12.6. The third-order valence-corrected chi connectivity index (χ3v) is 5.24. The number of amides is 1. The second-order valence-corrected chi connectivity index (χ2v) is 7.33. The quantitative estimate of drug-likeness (QED) is 0.313. The molecule has 0 spiro atoms. The first kappa shape index (κ1) is 20.3. The van der Waals surface area contributed by atoms with Crippen LogP contribution in [0.5, 0.6) is 11.5 Å². The standard InChI is InChI=1S/C18H21NO5S2/c1-23-14-10-12(7-8-13(14)20)11-15-17(22)19(18(25)26-15)9-5-3-4-6-16(21)24-2/h7-8,10-11,20H,3-6,9H2,1-2H3/b15-11+. The highest BCUT2D eigenvalue weighted by atomic mass is 32.2. The lowest BCUT2D eigenvalue weighted by atomic mass is 10.1. The average molecular weight is 396 g/mol. The molecule has 0 bridgehead atoms. The second kappa shape index (κ2) is 9.59. The number of ether oxygens (including phenoxy) is 2. The van der Waals surface area contributed by atoms with Crippen LogP contribution < -0.4 is 4.74 Å². The Hall–Kier alpha value is -2.06. The minimum absolute atomic E-state index is 0.0455. The number of rotatable bonds is 8. The van der Waals surface area contributed by atoms with Gasteiger partial charge in [-0.15, -0.1) is 0 Å². The van der Waals surface area contributed by atoms with E-state index in [4.69, 9.17) is 17.0 Å². The molecule has 0 radical (unpaired) electrons. The zero-order chi connectivity index (χ0) is 19.1. The number of phenols is 1. The van der Waals surface area contributed by atoms with Crippen LogP contribution in [-0.2, 0) is 14.3 Å². The molecule has 1 aromatic carbocycles. The molecule has 1 heterocycles. The molecule has 1 fully saturated rings. The first-order chi connectivity index (χ1) is 12.5. The minimum Gasteiger partial charge on any atom is -0.504 e. The van der Waals surface area contributed by atoms with Gasteiger partial charge in [-0.05, 0) is 36.6 Å². The van der Waals surface area contributed by atoms with Crippen molar-refractivity contribution in [2.24, 2.45) is 0 Å². The highest BCUT2D eigenvalue weighted by Gasteiger charge is 2.31. The van der Waals surface area contributed by atoms with Crippen LogP contribution in [0.4, 0.5) is 0 Å². The van der Waals surface area contributed by atoms with Gasteiger partial charge in [0.2, 0.25) is 0 Å². The van der Waals surface area contributed by atoms with Crippen molar-refractivity contribution >= 4 is 46.3 Å². The topological polar surface area (TPSA) is 76.1 Å². The Kier molecular flexibility index (Phi) is 7.47. The van der Waals surface area contributed by atoms with Crippen LogP contribution in [0.3, 0.4) is 0 Å². The highest BCUT2D eigenvalue weighted by Crippen LogP contribution is 2.34. The summed E-state index contributed by atoms with van der Waals surface area (Å²) in [6.07, 6.45) is 4.44. The van der Waals surface area contributed by atoms with E-state index in [9.17, 15) is 14.7 Å². The number of esters is 1. The zero-order valence-corrected chi connectivity index (χ0v) is 16.3. The smallest absolute Gasteiger partial charge is 0.305 e. The molecular weight excluding hydrogens is 374 g/mol. The van der Waals surface area contributed by atoms with E-state index in [2.05, 4.69) is 4.74 Å². The van der Waals surface area contributed by atoms with Gasteiger partial charge in [0.05, 0.1) is 19.1 Å². The lowest BCUT2D eigenvalue weighted by Gasteiger charge is -2.13. The maximum absolute atomic E-state index is 12.6. The summed E-state index contributed by atoms with van der Waals surface area (Å²) in [6.45, 7) is 0.530. The molecule has 26 heavy (non-hydrogen) atoms. The summed E-state index contributed by atoms with van der Waals surface area (Å²) in [5.74, 6) is 0.0480. The Balaban J connectivity index is 1.94. The van der Waals surface area contributed by atoms with Crippen LogP contribution in [0, 0.1) is 0 Å². The van der Waals surface area contributed by atoms with Gasteiger partial charge in [0.25, 0.3) is 5.91 Å². The van der Waals surface area contributed by atoms with E-state index in [0.29, 0.717) is 27.9 Å². The molecule has 0 saturated carbocycles. The number of carbonyl (C=O) groups is 2. The number of hydrogen-bond acceptors (Lipinski definition) is 7. The fraction of sp³-hybridized carbons (Fsp3) is 0.389. The van der Waals surface area contributed by atoms with E-state index in [1.807, 2.05) is 0 Å². The van der Waals surface area contributed by atoms with Crippen LogP contribution in [0.2, 0.25) is 0 Å². The van der Waals surface area contributed by atoms with Crippen molar-refractivity contribution in [3.8, 4) is 11.5 Å². The Morgan fingerprint density at radius 3 is 2.77 bits per heavy atom. The largest absolute Gasteiger partial charge is 0.504 e. The number of methoxy groups -OCH3 is 2. The highest BCUT2D eigenvalue weighted by molar-refractivity contribution is 8.26. The minimum atomic E-state index is -0.220. The van der Waals surface area contributed by atoms with Gasteiger partial charge in [0.1, 0.15) is 4.32 Å². The van der Waals surface area contributed by atoms with Crippen molar-refractivity contribution in [2.75, 3.05) is 20.8 Å². The van der Waals surface area contributed by atoms with E-state index in [1.54, 1.807) is 23.1 Å². The number of hydrogen-bond donors (Lipinski definition) is 1. The van der Waals surface area contributed by atoms with Crippen LogP contribution in [0.25, 0.3) is 6.08 Å². The monoisotopic (exact) mass is 395 g/mol. The maximum Gasteiger partial charge on any atom is 0.305 e. The number of aromatic hydroxyl groups is 1. The Bertz CT molecular complexity index is 732. The molecule has 140 valence electrons. The molecule has 0 unspecified atom stereocenters. The molecule has 1 N–H and O–H groups in total. The number of thioether (sulfide) groups is 1. The Morgan fingerprint density at radius 1 is 1.31 bits per heavy atom.